The smallest absolute Gasteiger partial charge is 0.125 e. The van der Waals surface area contributed by atoms with Crippen LogP contribution in [0.3, 0.4) is 0 Å². The van der Waals surface area contributed by atoms with Gasteiger partial charge in [-0.3, -0.25) is 4.90 Å². The molecule has 1 N–H and O–H groups in total. The third kappa shape index (κ3) is 3.97. The van der Waals surface area contributed by atoms with E-state index < -0.39 is 0 Å². The lowest BCUT2D eigenvalue weighted by molar-refractivity contribution is 0.185. The first-order valence-electron chi connectivity index (χ1n) is 8.88. The molecule has 0 saturated carbocycles. The fourth-order valence-corrected chi connectivity index (χ4v) is 3.46. The number of benzene rings is 2. The Labute approximate surface area is 145 Å². The van der Waals surface area contributed by atoms with Crippen molar-refractivity contribution in [3.05, 3.63) is 64.7 Å². The van der Waals surface area contributed by atoms with E-state index >= 15 is 0 Å². The van der Waals surface area contributed by atoms with Gasteiger partial charge in [0.15, 0.2) is 0 Å². The van der Waals surface area contributed by atoms with Gasteiger partial charge in [0.25, 0.3) is 0 Å². The van der Waals surface area contributed by atoms with Crippen LogP contribution in [0.2, 0.25) is 0 Å². The number of hydrogen-bond donors (Lipinski definition) is 1. The van der Waals surface area contributed by atoms with Crippen LogP contribution in [0.1, 0.15) is 35.2 Å². The third-order valence-corrected chi connectivity index (χ3v) is 4.89. The van der Waals surface area contributed by atoms with Gasteiger partial charge in [0, 0.05) is 32.2 Å². The molecule has 0 spiro atoms. The molecule has 3 rings (SSSR count). The highest BCUT2D eigenvalue weighted by molar-refractivity contribution is 5.44. The molecule has 1 atom stereocenters. The van der Waals surface area contributed by atoms with Crippen LogP contribution in [-0.4, -0.2) is 31.1 Å². The normalized spacial score (nSPS) is 16.8. The first kappa shape index (κ1) is 17.0. The van der Waals surface area contributed by atoms with Gasteiger partial charge in [0.1, 0.15) is 12.4 Å². The van der Waals surface area contributed by atoms with Gasteiger partial charge in [0.2, 0.25) is 0 Å². The van der Waals surface area contributed by atoms with Gasteiger partial charge in [-0.1, -0.05) is 42.5 Å². The molecule has 1 aliphatic rings. The van der Waals surface area contributed by atoms with Gasteiger partial charge in [0.05, 0.1) is 0 Å². The topological polar surface area (TPSA) is 24.5 Å². The fourth-order valence-electron chi connectivity index (χ4n) is 3.46. The van der Waals surface area contributed by atoms with Gasteiger partial charge in [-0.25, -0.2) is 0 Å². The van der Waals surface area contributed by atoms with E-state index in [1.807, 2.05) is 6.07 Å². The van der Waals surface area contributed by atoms with Crippen molar-refractivity contribution < 1.29 is 4.74 Å². The summed E-state index contributed by atoms with van der Waals surface area (Å²) in [6.07, 6.45) is 0. The molecule has 0 unspecified atom stereocenters. The molecule has 0 amide bonds. The lowest BCUT2D eigenvalue weighted by atomic mass is 9.99. The lowest BCUT2D eigenvalue weighted by Crippen LogP contribution is -2.44. The fraction of sp³-hybridized carbons (Fsp3) is 0.429. The Hall–Kier alpha value is -1.84. The maximum absolute atomic E-state index is 6.11. The zero-order valence-electron chi connectivity index (χ0n) is 15.0. The number of nitrogens with one attached hydrogen (secondary N) is 1. The van der Waals surface area contributed by atoms with Crippen LogP contribution in [0.25, 0.3) is 0 Å². The number of ether oxygens (including phenoxy) is 1. The molecule has 1 aliphatic heterocycles. The van der Waals surface area contributed by atoms with Crippen molar-refractivity contribution in [1.29, 1.82) is 0 Å². The summed E-state index contributed by atoms with van der Waals surface area (Å²) < 4.78 is 6.11. The van der Waals surface area contributed by atoms with E-state index in [2.05, 4.69) is 67.4 Å². The summed E-state index contributed by atoms with van der Waals surface area (Å²) in [6.45, 7) is 11.6. The van der Waals surface area contributed by atoms with Crippen molar-refractivity contribution in [2.75, 3.05) is 26.2 Å². The summed E-state index contributed by atoms with van der Waals surface area (Å²) in [5.41, 5.74) is 5.04. The number of rotatable bonds is 5. The molecule has 0 aliphatic carbocycles. The van der Waals surface area contributed by atoms with Gasteiger partial charge in [-0.05, 0) is 43.0 Å². The van der Waals surface area contributed by atoms with Crippen molar-refractivity contribution in [3.63, 3.8) is 0 Å². The second-order valence-corrected chi connectivity index (χ2v) is 6.72. The molecule has 3 heteroatoms. The molecule has 0 radical (unpaired) electrons. The van der Waals surface area contributed by atoms with Crippen LogP contribution in [-0.2, 0) is 6.61 Å². The van der Waals surface area contributed by atoms with Crippen molar-refractivity contribution in [3.8, 4) is 5.75 Å². The Morgan fingerprint density at radius 1 is 1.04 bits per heavy atom. The number of piperazine rings is 1. The average molecular weight is 324 g/mol. The first-order valence-corrected chi connectivity index (χ1v) is 8.88. The van der Waals surface area contributed by atoms with Crippen LogP contribution in [0, 0.1) is 13.8 Å². The second-order valence-electron chi connectivity index (χ2n) is 6.72. The van der Waals surface area contributed by atoms with Crippen molar-refractivity contribution in [1.82, 2.24) is 10.2 Å². The lowest BCUT2D eigenvalue weighted by Gasteiger charge is -2.33. The SMILES string of the molecule is Cc1cc([C@H](C)N2CCNCC2)cc(C)c1OCc1ccccc1. The Balaban J connectivity index is 1.73. The predicted molar refractivity (Wildman–Crippen MR) is 99.5 cm³/mol. The highest BCUT2D eigenvalue weighted by Crippen LogP contribution is 2.30. The first-order chi connectivity index (χ1) is 11.6. The maximum atomic E-state index is 6.11. The molecule has 2 aromatic carbocycles. The van der Waals surface area contributed by atoms with E-state index in [1.54, 1.807) is 0 Å². The minimum Gasteiger partial charge on any atom is -0.488 e. The monoisotopic (exact) mass is 324 g/mol. The summed E-state index contributed by atoms with van der Waals surface area (Å²) >= 11 is 0. The zero-order chi connectivity index (χ0) is 16.9. The highest BCUT2D eigenvalue weighted by atomic mass is 16.5. The van der Waals surface area contributed by atoms with E-state index in [0.717, 1.165) is 31.9 Å². The summed E-state index contributed by atoms with van der Waals surface area (Å²) in [6, 6.07) is 15.4. The highest BCUT2D eigenvalue weighted by Gasteiger charge is 2.19. The predicted octanol–water partition coefficient (Wildman–Crippen LogP) is 3.85. The summed E-state index contributed by atoms with van der Waals surface area (Å²) in [4.78, 5) is 2.55. The van der Waals surface area contributed by atoms with Gasteiger partial charge >= 0.3 is 0 Å². The standard InChI is InChI=1S/C21H28N2O/c1-16-13-20(18(3)23-11-9-22-10-12-23)14-17(2)21(16)24-15-19-7-5-4-6-8-19/h4-8,13-14,18,22H,9-12,15H2,1-3H3/t18-/m0/s1. The number of aryl methyl sites for hydroxylation is 2. The molecule has 1 heterocycles. The van der Waals surface area contributed by atoms with Gasteiger partial charge < -0.3 is 10.1 Å². The van der Waals surface area contributed by atoms with Crippen molar-refractivity contribution in [2.45, 2.75) is 33.4 Å². The molecule has 0 aromatic heterocycles. The zero-order valence-corrected chi connectivity index (χ0v) is 15.0. The van der Waals surface area contributed by atoms with Crippen LogP contribution >= 0.6 is 0 Å². The third-order valence-electron chi connectivity index (χ3n) is 4.89. The minimum absolute atomic E-state index is 0.452. The Morgan fingerprint density at radius 2 is 1.67 bits per heavy atom. The van der Waals surface area contributed by atoms with Crippen LogP contribution in [0.15, 0.2) is 42.5 Å². The molecule has 24 heavy (non-hydrogen) atoms. The second kappa shape index (κ2) is 7.82. The van der Waals surface area contributed by atoms with E-state index in [4.69, 9.17) is 4.74 Å². The molecule has 0 bridgehead atoms. The van der Waals surface area contributed by atoms with E-state index in [-0.39, 0.29) is 0 Å². The van der Waals surface area contributed by atoms with Crippen LogP contribution in [0.5, 0.6) is 5.75 Å². The largest absolute Gasteiger partial charge is 0.488 e. The van der Waals surface area contributed by atoms with Crippen LogP contribution in [0.4, 0.5) is 0 Å². The minimum atomic E-state index is 0.452. The quantitative estimate of drug-likeness (QED) is 0.904. The molecule has 128 valence electrons. The Kier molecular flexibility index (Phi) is 5.54. The average Bonchev–Trinajstić information content (AvgIpc) is 2.62. The van der Waals surface area contributed by atoms with Gasteiger partial charge in [-0.15, -0.1) is 0 Å². The molecular formula is C21H28N2O. The Morgan fingerprint density at radius 3 is 2.29 bits per heavy atom. The number of hydrogen-bond acceptors (Lipinski definition) is 3. The van der Waals surface area contributed by atoms with Gasteiger partial charge in [-0.2, -0.15) is 0 Å². The summed E-state index contributed by atoms with van der Waals surface area (Å²) in [7, 11) is 0. The Bertz CT molecular complexity index is 640. The molecule has 1 fully saturated rings. The molecule has 3 nitrogen and oxygen atoms in total. The van der Waals surface area contributed by atoms with Crippen molar-refractivity contribution >= 4 is 0 Å². The summed E-state index contributed by atoms with van der Waals surface area (Å²) in [5.74, 6) is 1.02. The maximum Gasteiger partial charge on any atom is 0.125 e. The van der Waals surface area contributed by atoms with E-state index in [0.29, 0.717) is 12.6 Å². The van der Waals surface area contributed by atoms with E-state index in [9.17, 15) is 0 Å². The van der Waals surface area contributed by atoms with Crippen LogP contribution < -0.4 is 10.1 Å². The molecule has 2 aromatic rings. The molecule has 1 saturated heterocycles. The van der Waals surface area contributed by atoms with Crippen molar-refractivity contribution in [2.24, 2.45) is 0 Å². The summed E-state index contributed by atoms with van der Waals surface area (Å²) in [5, 5.41) is 3.42. The molecular weight excluding hydrogens is 296 g/mol. The number of nitrogens with zero attached hydrogens (tertiary/aromatic N) is 1. The van der Waals surface area contributed by atoms with E-state index in [1.165, 1.54) is 22.3 Å².